The smallest absolute Gasteiger partial charge is 0.220 e. The molecule has 1 aromatic heterocycles. The topological polar surface area (TPSA) is 69.8 Å². The number of H-pyrrole nitrogens is 1. The van der Waals surface area contributed by atoms with Gasteiger partial charge < -0.3 is 15.6 Å². The Kier molecular flexibility index (Phi) is 5.45. The van der Waals surface area contributed by atoms with Crippen LogP contribution in [0.1, 0.15) is 32.0 Å². The highest BCUT2D eigenvalue weighted by atomic mass is 19.1. The molecule has 3 N–H and O–H groups in total. The molecule has 2 heterocycles. The normalized spacial score (nSPS) is 19.3. The zero-order valence-corrected chi connectivity index (χ0v) is 14.1. The number of amides is 1. The zero-order chi connectivity index (χ0) is 16.9. The van der Waals surface area contributed by atoms with Crippen LogP contribution in [0, 0.1) is 17.7 Å². The van der Waals surface area contributed by atoms with Gasteiger partial charge in [0.15, 0.2) is 0 Å². The quantitative estimate of drug-likeness (QED) is 0.761. The Hall–Kier alpha value is -1.95. The number of piperidine rings is 1. The number of nitrogens with zero attached hydrogens (tertiary/aromatic N) is 1. The molecule has 1 aromatic carbocycles. The molecule has 5 nitrogen and oxygen atoms in total. The minimum absolute atomic E-state index is 0.0928. The van der Waals surface area contributed by atoms with Crippen LogP contribution in [0.5, 0.6) is 0 Å². The first-order valence-corrected chi connectivity index (χ1v) is 8.73. The second-order valence-corrected chi connectivity index (χ2v) is 6.73. The largest absolute Gasteiger partial charge is 0.356 e. The molecule has 1 fully saturated rings. The van der Waals surface area contributed by atoms with Gasteiger partial charge in [-0.15, -0.1) is 0 Å². The molecule has 1 saturated heterocycles. The Morgan fingerprint density at radius 1 is 1.50 bits per heavy atom. The summed E-state index contributed by atoms with van der Waals surface area (Å²) in [5.74, 6) is 1.56. The summed E-state index contributed by atoms with van der Waals surface area (Å²) in [6.07, 6.45) is 3.58. The molecular weight excluding hydrogens is 307 g/mol. The van der Waals surface area contributed by atoms with E-state index in [1.807, 2.05) is 0 Å². The van der Waals surface area contributed by atoms with Gasteiger partial charge in [0.1, 0.15) is 11.6 Å². The van der Waals surface area contributed by atoms with Gasteiger partial charge in [-0.05, 0) is 56.0 Å². The fourth-order valence-corrected chi connectivity index (χ4v) is 3.37. The molecule has 0 bridgehead atoms. The van der Waals surface area contributed by atoms with E-state index in [2.05, 4.69) is 27.5 Å². The Balaban J connectivity index is 1.43. The van der Waals surface area contributed by atoms with Crippen molar-refractivity contribution in [2.45, 2.75) is 32.6 Å². The first-order chi connectivity index (χ1) is 11.6. The van der Waals surface area contributed by atoms with Crippen molar-refractivity contribution in [2.24, 2.45) is 11.8 Å². The molecular formula is C18H25FN4O. The molecule has 0 saturated carbocycles. The molecule has 0 aliphatic carbocycles. The zero-order valence-electron chi connectivity index (χ0n) is 14.1. The minimum Gasteiger partial charge on any atom is -0.356 e. The van der Waals surface area contributed by atoms with Crippen molar-refractivity contribution >= 4 is 16.9 Å². The second kappa shape index (κ2) is 7.75. The van der Waals surface area contributed by atoms with Crippen LogP contribution in [0.25, 0.3) is 11.0 Å². The number of benzene rings is 1. The second-order valence-electron chi connectivity index (χ2n) is 6.73. The third-order valence-corrected chi connectivity index (χ3v) is 4.82. The molecule has 3 rings (SSSR count). The fraction of sp³-hybridized carbons (Fsp3) is 0.556. The molecule has 0 radical (unpaired) electrons. The van der Waals surface area contributed by atoms with E-state index in [0.29, 0.717) is 36.7 Å². The minimum atomic E-state index is -0.280. The number of imidazole rings is 1. The number of fused-ring (bicyclic) bond motifs is 1. The van der Waals surface area contributed by atoms with E-state index in [1.165, 1.54) is 25.0 Å². The standard InChI is InChI=1S/C18H25FN4O/c1-12(13-3-2-7-20-11-13)9-18(24)21-8-6-17-22-15-5-4-14(19)10-16(15)23-17/h4-5,10,12-13,20H,2-3,6-9,11H2,1H3,(H,21,24)(H,22,23). The lowest BCUT2D eigenvalue weighted by molar-refractivity contribution is -0.122. The van der Waals surface area contributed by atoms with Crippen molar-refractivity contribution in [1.82, 2.24) is 20.6 Å². The van der Waals surface area contributed by atoms with Crippen LogP contribution in [0.3, 0.4) is 0 Å². The predicted octanol–water partition coefficient (Wildman–Crippen LogP) is 2.39. The third kappa shape index (κ3) is 4.32. The summed E-state index contributed by atoms with van der Waals surface area (Å²) in [5, 5.41) is 6.36. The molecule has 6 heteroatoms. The van der Waals surface area contributed by atoms with Gasteiger partial charge in [0.05, 0.1) is 11.0 Å². The maximum Gasteiger partial charge on any atom is 0.220 e. The lowest BCUT2D eigenvalue weighted by atomic mass is 9.85. The van der Waals surface area contributed by atoms with Crippen molar-refractivity contribution in [2.75, 3.05) is 19.6 Å². The van der Waals surface area contributed by atoms with E-state index in [-0.39, 0.29) is 11.7 Å². The highest BCUT2D eigenvalue weighted by Gasteiger charge is 2.21. The van der Waals surface area contributed by atoms with E-state index in [9.17, 15) is 9.18 Å². The lowest BCUT2D eigenvalue weighted by Gasteiger charge is -2.28. The van der Waals surface area contributed by atoms with Crippen LogP contribution in [0.2, 0.25) is 0 Å². The predicted molar refractivity (Wildman–Crippen MR) is 92.1 cm³/mol. The summed E-state index contributed by atoms with van der Waals surface area (Å²) < 4.78 is 13.2. The number of carbonyl (C=O) groups excluding carboxylic acids is 1. The Bertz CT molecular complexity index is 693. The molecule has 2 aromatic rings. The molecule has 130 valence electrons. The third-order valence-electron chi connectivity index (χ3n) is 4.82. The van der Waals surface area contributed by atoms with Crippen molar-refractivity contribution < 1.29 is 9.18 Å². The first-order valence-electron chi connectivity index (χ1n) is 8.73. The number of hydrogen-bond acceptors (Lipinski definition) is 3. The van der Waals surface area contributed by atoms with E-state index in [4.69, 9.17) is 0 Å². The van der Waals surface area contributed by atoms with Crippen molar-refractivity contribution in [3.63, 3.8) is 0 Å². The van der Waals surface area contributed by atoms with Crippen molar-refractivity contribution in [1.29, 1.82) is 0 Å². The molecule has 1 aliphatic rings. The molecule has 0 spiro atoms. The lowest BCUT2D eigenvalue weighted by Crippen LogP contribution is -2.36. The van der Waals surface area contributed by atoms with E-state index >= 15 is 0 Å². The van der Waals surface area contributed by atoms with Gasteiger partial charge in [0.2, 0.25) is 5.91 Å². The Labute approximate surface area is 141 Å². The number of carbonyl (C=O) groups is 1. The van der Waals surface area contributed by atoms with E-state index < -0.39 is 0 Å². The van der Waals surface area contributed by atoms with Crippen LogP contribution in [0.15, 0.2) is 18.2 Å². The van der Waals surface area contributed by atoms with E-state index in [0.717, 1.165) is 24.4 Å². The van der Waals surface area contributed by atoms with Crippen molar-refractivity contribution in [3.05, 3.63) is 29.8 Å². The van der Waals surface area contributed by atoms with Gasteiger partial charge in [0, 0.05) is 19.4 Å². The van der Waals surface area contributed by atoms with E-state index in [1.54, 1.807) is 6.07 Å². The van der Waals surface area contributed by atoms with Crippen LogP contribution in [-0.4, -0.2) is 35.5 Å². The average Bonchev–Trinajstić information content (AvgIpc) is 2.97. The summed E-state index contributed by atoms with van der Waals surface area (Å²) in [6.45, 7) is 4.81. The SMILES string of the molecule is CC(CC(=O)NCCc1nc2ccc(F)cc2[nH]1)C1CCCNC1. The summed E-state index contributed by atoms with van der Waals surface area (Å²) >= 11 is 0. The number of hydrogen-bond donors (Lipinski definition) is 3. The Morgan fingerprint density at radius 3 is 3.17 bits per heavy atom. The monoisotopic (exact) mass is 332 g/mol. The fourth-order valence-electron chi connectivity index (χ4n) is 3.37. The maximum absolute atomic E-state index is 13.2. The summed E-state index contributed by atoms with van der Waals surface area (Å²) in [6, 6.07) is 4.49. The number of aromatic nitrogens is 2. The van der Waals surface area contributed by atoms with Crippen LogP contribution in [-0.2, 0) is 11.2 Å². The van der Waals surface area contributed by atoms with Gasteiger partial charge in [-0.25, -0.2) is 9.37 Å². The average molecular weight is 332 g/mol. The number of nitrogens with one attached hydrogen (secondary N) is 3. The molecule has 2 unspecified atom stereocenters. The molecule has 2 atom stereocenters. The van der Waals surface area contributed by atoms with Crippen molar-refractivity contribution in [3.8, 4) is 0 Å². The van der Waals surface area contributed by atoms with Crippen LogP contribution in [0.4, 0.5) is 4.39 Å². The number of rotatable bonds is 6. The first kappa shape index (κ1) is 16.9. The summed E-state index contributed by atoms with van der Waals surface area (Å²) in [4.78, 5) is 19.6. The molecule has 24 heavy (non-hydrogen) atoms. The number of aromatic amines is 1. The number of halogens is 1. The van der Waals surface area contributed by atoms with Crippen LogP contribution < -0.4 is 10.6 Å². The Morgan fingerprint density at radius 2 is 2.38 bits per heavy atom. The van der Waals surface area contributed by atoms with Gasteiger partial charge >= 0.3 is 0 Å². The van der Waals surface area contributed by atoms with Gasteiger partial charge in [-0.2, -0.15) is 0 Å². The van der Waals surface area contributed by atoms with Gasteiger partial charge in [0.25, 0.3) is 0 Å². The summed E-state index contributed by atoms with van der Waals surface area (Å²) in [7, 11) is 0. The molecule has 1 amide bonds. The maximum atomic E-state index is 13.2. The highest BCUT2D eigenvalue weighted by Crippen LogP contribution is 2.22. The molecule has 1 aliphatic heterocycles. The van der Waals surface area contributed by atoms with Gasteiger partial charge in [-0.3, -0.25) is 4.79 Å². The van der Waals surface area contributed by atoms with Gasteiger partial charge in [-0.1, -0.05) is 6.92 Å². The highest BCUT2D eigenvalue weighted by molar-refractivity contribution is 5.76. The van der Waals surface area contributed by atoms with Crippen LogP contribution >= 0.6 is 0 Å². The summed E-state index contributed by atoms with van der Waals surface area (Å²) in [5.41, 5.74) is 1.44.